The van der Waals surface area contributed by atoms with Crippen LogP contribution in [-0.2, 0) is 75.2 Å². The molecule has 11 aliphatic heterocycles. The molecule has 0 aromatic heterocycles. The zero-order valence-electron chi connectivity index (χ0n) is 64.0. The average molecular weight is 1660 g/mol. The van der Waals surface area contributed by atoms with Gasteiger partial charge >= 0.3 is 7.82 Å². The van der Waals surface area contributed by atoms with Gasteiger partial charge in [0.15, 0.2) is 53.2 Å². The lowest BCUT2D eigenvalue weighted by Gasteiger charge is -2.32. The van der Waals surface area contributed by atoms with Crippen molar-refractivity contribution in [1.29, 1.82) is 0 Å². The van der Waals surface area contributed by atoms with Gasteiger partial charge in [-0.3, -0.25) is 9.05 Å². The largest absolute Gasteiger partial charge is 0.473 e. The van der Waals surface area contributed by atoms with Gasteiger partial charge < -0.3 is 143 Å². The van der Waals surface area contributed by atoms with Gasteiger partial charge in [-0.2, -0.15) is 0 Å². The maximum Gasteiger partial charge on any atom is 0.473 e. The van der Waals surface area contributed by atoms with Gasteiger partial charge in [0.25, 0.3) is 6.48 Å². The molecule has 16 radical (unpaired) electrons. The van der Waals surface area contributed by atoms with Crippen LogP contribution in [0.4, 0.5) is 17.6 Å². The van der Waals surface area contributed by atoms with Gasteiger partial charge in [-0.25, -0.2) is 22.1 Å². The van der Waals surface area contributed by atoms with Crippen LogP contribution in [-0.4, -0.2) is 406 Å². The summed E-state index contributed by atoms with van der Waals surface area (Å²) < 4.78 is 144. The third-order valence-electron chi connectivity index (χ3n) is 19.7. The van der Waals surface area contributed by atoms with Crippen LogP contribution in [0.3, 0.4) is 0 Å². The SMILES string of the molecule is [B][C@@H]1O[C@H](CO)[C@@H]2OC(C)(C)OC12C=C=C.[B][C@@H]1O[C@H](CO)[C@@H]2OC(OC)OC12C=C=C.[B][C@@H]1O[C@H](CO)[C@@H]2OP(=O)(O)OC12C=C=C.[B][C@@H]1O[C@H](CO)[C@@](O)(C#C)C1(F)C=C=C.[B][C@@H]1O[C@H](CO)[C@H](O)C1(F)C=C=C.[B][C@@H]1O[C@H](CO)[C@H](O)C1(O)C=C=C.[B][C@@H]1O[C@H](CO)[C@](C)(O)C1(F)C=C=C.[B][C@]1(F)O[C@H](CO)[C@H](O)C1(O)C=C=C. The summed E-state index contributed by atoms with van der Waals surface area (Å²) in [5, 5.41) is 139. The zero-order valence-corrected chi connectivity index (χ0v) is 64.9. The number of methoxy groups -OCH3 is 1. The monoisotopic (exact) mass is 1660 g/mol. The van der Waals surface area contributed by atoms with E-state index in [4.69, 9.17) is 171 Å². The van der Waals surface area contributed by atoms with E-state index in [9.17, 15) is 67.9 Å². The molecule has 0 saturated carbocycles. The average Bonchev–Trinajstić information content (AvgIpc) is 1.51. The summed E-state index contributed by atoms with van der Waals surface area (Å²) in [5.41, 5.74) is 0.0964. The number of fused-ring (bicyclic) bond motifs is 3. The van der Waals surface area contributed by atoms with Crippen molar-refractivity contribution in [2.24, 2.45) is 0 Å². The van der Waals surface area contributed by atoms with Gasteiger partial charge in [-0.15, -0.1) is 52.3 Å². The summed E-state index contributed by atoms with van der Waals surface area (Å²) in [6.45, 7) is 26.9. The predicted octanol–water partition coefficient (Wildman–Crippen LogP) is -5.98. The number of halogens is 4. The summed E-state index contributed by atoms with van der Waals surface area (Å²) in [7, 11) is 41.1. The van der Waals surface area contributed by atoms with E-state index < -0.39 is 249 Å². The fraction of sp³-hybridized carbons (Fsp3) is 0.639. The van der Waals surface area contributed by atoms with E-state index in [0.29, 0.717) is 0 Å². The second-order valence-electron chi connectivity index (χ2n) is 27.5. The summed E-state index contributed by atoms with van der Waals surface area (Å²) in [4.78, 5) is 9.27. The topological polar surface area (TPSA) is 479 Å². The lowest BCUT2D eigenvalue weighted by Crippen LogP contribution is -2.55. The van der Waals surface area contributed by atoms with Gasteiger partial charge in [-0.05, 0) is 69.4 Å². The number of rotatable bonds is 17. The van der Waals surface area contributed by atoms with Gasteiger partial charge in [0.2, 0.25) is 0 Å². The van der Waals surface area contributed by atoms with Crippen LogP contribution in [0.5, 0.6) is 0 Å². The van der Waals surface area contributed by atoms with Crippen LogP contribution in [0.25, 0.3) is 0 Å². The summed E-state index contributed by atoms with van der Waals surface area (Å²) >= 11 is 0. The Morgan fingerprint density at radius 3 is 1.30 bits per heavy atom. The van der Waals surface area contributed by atoms with E-state index >= 15 is 0 Å². The van der Waals surface area contributed by atoms with Crippen molar-refractivity contribution in [2.75, 3.05) is 60.0 Å². The smallest absolute Gasteiger partial charge is 0.394 e. The first kappa shape index (κ1) is 104. The van der Waals surface area contributed by atoms with Gasteiger partial charge in [0.05, 0.1) is 94.9 Å². The molecule has 0 aromatic rings. The Labute approximate surface area is 683 Å². The van der Waals surface area contributed by atoms with Crippen LogP contribution >= 0.6 is 7.82 Å². The fourth-order valence-electron chi connectivity index (χ4n) is 13.4. The van der Waals surface area contributed by atoms with E-state index in [-0.39, 0.29) is 13.2 Å². The molecular formula is C72H91B8F4O32P. The Kier molecular flexibility index (Phi) is 37.3. The van der Waals surface area contributed by atoms with Crippen molar-refractivity contribution in [3.8, 4) is 12.3 Å². The quantitative estimate of drug-likeness (QED) is 0.0212. The minimum atomic E-state index is -4.17. The minimum Gasteiger partial charge on any atom is -0.394 e. The summed E-state index contributed by atoms with van der Waals surface area (Å²) in [5.74, 6) is -1.86. The van der Waals surface area contributed by atoms with E-state index in [1.807, 2.05) is 5.92 Å². The number of phosphoric acid groups is 1. The third kappa shape index (κ3) is 20.6. The number of aliphatic hydroxyl groups is 15. The summed E-state index contributed by atoms with van der Waals surface area (Å²) in [6, 6.07) is -7.63. The number of alkyl halides is 4. The molecule has 0 bridgehead atoms. The molecule has 10 unspecified atom stereocenters. The molecule has 11 aliphatic rings. The van der Waals surface area contributed by atoms with Crippen LogP contribution in [0.1, 0.15) is 20.8 Å². The van der Waals surface area contributed by atoms with Crippen LogP contribution in [0.15, 0.2) is 147 Å². The van der Waals surface area contributed by atoms with Crippen molar-refractivity contribution < 1.29 is 174 Å². The number of hydrogen-bond donors (Lipinski definition) is 16. The number of aliphatic hydroxyl groups excluding tert-OH is 11. The molecule has 11 fully saturated rings. The first-order valence-corrected chi connectivity index (χ1v) is 36.2. The molecular weight excluding hydrogens is 1570 g/mol. The molecule has 0 spiro atoms. The highest BCUT2D eigenvalue weighted by atomic mass is 31.2. The molecule has 45 heteroatoms. The standard InChI is InChI=1S/C11H15BO4.C10H10BFO3.C10H13BO5.C9H12BFO3.C8H10BFO4.C8H10BFO3.C8H10BO6P.C8H11BO4/c1-4-5-11-8(15-10(2,3)16-11)7(6-13)14-9(11)12;1-3-5-9(12)8(11)15-7(6-13)10(9,14)4-2;1-3-4-10-7(15-9(13-2)16-10)6(5-12)14-8(10)11;1-3-4-9(11)7(10)14-6(5-12)8(9,2)13;1-2-3-7(13)6(12)5(4-11)14-8(7,9)10;1-2-3-8(10)6(12)5(4-11)13-7(8)9;1-2-3-8-6(14-16(11,12)15-8)5(4-10)13-7(8)9;1-2-3-8(12)6(11)5(4-10)13-7(8)9/h5,7-9,13H,1,6H2,2-3H3;2,5,7-8,13-14H,1,6H2;4,6-9,12H,1,5H2,2H3;4,6-7,12-13H,1,5H2,2H3;3,5-6,11-13H,1,4H2;3,5-7,11-12H,1,4H2;3,5-7,10H,1,4H2,(H,11,12);3,5-7,10-12H,1,4H2/t7-,8+,9-,11?;7-,8-,9?,10+;6-,7+,8-,9?,10?;6-,7-,8+,9?;5-,6+,7?,8-;3*5-,6+,7-,8?/m11111111/s1. The number of phosphoric ester groups is 1. The van der Waals surface area contributed by atoms with Crippen LogP contribution in [0.2, 0.25) is 0 Å². The van der Waals surface area contributed by atoms with E-state index in [0.717, 1.165) is 30.4 Å². The Morgan fingerprint density at radius 2 is 0.863 bits per heavy atom. The van der Waals surface area contributed by atoms with Crippen molar-refractivity contribution in [1.82, 2.24) is 0 Å². The molecule has 117 heavy (non-hydrogen) atoms. The molecule has 0 aliphatic carbocycles. The lowest BCUT2D eigenvalue weighted by atomic mass is 9.74. The van der Waals surface area contributed by atoms with Crippen molar-refractivity contribution in [3.05, 3.63) is 147 Å². The maximum atomic E-state index is 14.3. The van der Waals surface area contributed by atoms with Crippen molar-refractivity contribution in [3.63, 3.8) is 0 Å². The number of ether oxygens (including phenoxy) is 13. The predicted molar refractivity (Wildman–Crippen MR) is 406 cm³/mol. The molecule has 16 N–H and O–H groups in total. The van der Waals surface area contributed by atoms with E-state index in [2.05, 4.69) is 103 Å². The first-order valence-electron chi connectivity index (χ1n) is 34.7. The number of hydrogen-bond acceptors (Lipinski definition) is 31. The fourth-order valence-corrected chi connectivity index (χ4v) is 14.7. The molecule has 0 amide bonds. The lowest BCUT2D eigenvalue weighted by molar-refractivity contribution is -0.254. The molecule has 11 rings (SSSR count). The van der Waals surface area contributed by atoms with Gasteiger partial charge in [0.1, 0.15) is 163 Å². The van der Waals surface area contributed by atoms with Gasteiger partial charge in [-0.1, -0.05) is 58.6 Å². The number of terminal acetylenes is 1. The van der Waals surface area contributed by atoms with Gasteiger partial charge in [0, 0.05) is 7.11 Å². The Balaban J connectivity index is 0.000000282. The highest BCUT2D eigenvalue weighted by Crippen LogP contribution is 2.62. The molecule has 32 nitrogen and oxygen atoms in total. The molecule has 11 heterocycles. The highest BCUT2D eigenvalue weighted by Gasteiger charge is 2.69. The third-order valence-corrected chi connectivity index (χ3v) is 20.7. The Hall–Kier alpha value is -5.05. The Morgan fingerprint density at radius 1 is 0.453 bits per heavy atom. The second-order valence-corrected chi connectivity index (χ2v) is 28.8. The zero-order chi connectivity index (χ0) is 89.5. The molecule has 628 valence electrons. The second kappa shape index (κ2) is 41.9. The van der Waals surface area contributed by atoms with E-state index in [1.54, 1.807) is 26.0 Å². The maximum absolute atomic E-state index is 14.3. The van der Waals surface area contributed by atoms with E-state index in [1.165, 1.54) is 20.1 Å². The van der Waals surface area contributed by atoms with Crippen molar-refractivity contribution >= 4 is 70.6 Å². The minimum absolute atomic E-state index is 0.162. The first-order chi connectivity index (χ1) is 54.4. The molecule has 34 atom stereocenters. The normalized spacial score (nSPS) is 46.4. The Bertz CT molecular complexity index is 3810. The van der Waals surface area contributed by atoms with Crippen LogP contribution in [0, 0.1) is 12.3 Å². The highest BCUT2D eigenvalue weighted by molar-refractivity contribution is 7.47. The van der Waals surface area contributed by atoms with Crippen molar-refractivity contribution in [2.45, 2.75) is 222 Å². The summed E-state index contributed by atoms with van der Waals surface area (Å²) in [6.07, 6.45) is 0.436. The molecule has 0 aromatic carbocycles. The molecule has 11 saturated heterocycles. The van der Waals surface area contributed by atoms with Crippen LogP contribution < -0.4 is 0 Å².